The van der Waals surface area contributed by atoms with Crippen molar-refractivity contribution in [2.75, 3.05) is 0 Å². The summed E-state index contributed by atoms with van der Waals surface area (Å²) < 4.78 is 0. The molecule has 0 radical (unpaired) electrons. The second kappa shape index (κ2) is 1.97. The summed E-state index contributed by atoms with van der Waals surface area (Å²) in [5.41, 5.74) is -0.416. The number of rotatable bonds is 1. The van der Waals surface area contributed by atoms with Crippen molar-refractivity contribution in [2.45, 2.75) is 46.1 Å². The molecule has 1 saturated carbocycles. The quantitative estimate of drug-likeness (QED) is 0.595. The Morgan fingerprint density at radius 2 is 1.50 bits per heavy atom. The Morgan fingerprint density at radius 1 is 1.10 bits per heavy atom. The van der Waals surface area contributed by atoms with Gasteiger partial charge in [0.1, 0.15) is 0 Å². The fourth-order valence-electron chi connectivity index (χ4n) is 1.26. The molecule has 1 aliphatic rings. The second-order valence-electron chi connectivity index (χ2n) is 4.67. The van der Waals surface area contributed by atoms with Crippen molar-refractivity contribution in [3.05, 3.63) is 0 Å². The third kappa shape index (κ3) is 1.20. The van der Waals surface area contributed by atoms with Gasteiger partial charge in [-0.1, -0.05) is 20.8 Å². The molecule has 0 aromatic rings. The van der Waals surface area contributed by atoms with Crippen LogP contribution < -0.4 is 0 Å². The van der Waals surface area contributed by atoms with Crippen LogP contribution in [-0.2, 0) is 0 Å². The summed E-state index contributed by atoms with van der Waals surface area (Å²) in [6.07, 6.45) is 2.43. The average molecular weight is 142 g/mol. The Kier molecular flexibility index (Phi) is 1.59. The molecule has 0 aromatic carbocycles. The van der Waals surface area contributed by atoms with Gasteiger partial charge in [0.05, 0.1) is 5.60 Å². The van der Waals surface area contributed by atoms with Crippen molar-refractivity contribution >= 4 is 0 Å². The molecular formula is C9H18O. The van der Waals surface area contributed by atoms with Gasteiger partial charge in [0.25, 0.3) is 0 Å². The largest absolute Gasteiger partial charge is 0.389 e. The summed E-state index contributed by atoms with van der Waals surface area (Å²) in [6.45, 7) is 8.27. The molecule has 1 fully saturated rings. The molecule has 1 rings (SSSR count). The lowest BCUT2D eigenvalue weighted by Gasteiger charge is -2.37. The van der Waals surface area contributed by atoms with E-state index in [0.29, 0.717) is 5.92 Å². The summed E-state index contributed by atoms with van der Waals surface area (Å²) in [6, 6.07) is 0. The highest BCUT2D eigenvalue weighted by atomic mass is 16.3. The van der Waals surface area contributed by atoms with E-state index in [4.69, 9.17) is 0 Å². The van der Waals surface area contributed by atoms with Crippen LogP contribution in [0.25, 0.3) is 0 Å². The van der Waals surface area contributed by atoms with Crippen LogP contribution in [0.5, 0.6) is 0 Å². The Morgan fingerprint density at radius 3 is 1.60 bits per heavy atom. The molecular weight excluding hydrogens is 124 g/mol. The van der Waals surface area contributed by atoms with E-state index in [2.05, 4.69) is 20.8 Å². The van der Waals surface area contributed by atoms with Crippen LogP contribution in [0.4, 0.5) is 0 Å². The minimum atomic E-state index is -0.451. The van der Waals surface area contributed by atoms with Gasteiger partial charge in [-0.05, 0) is 31.1 Å². The van der Waals surface area contributed by atoms with E-state index in [1.54, 1.807) is 0 Å². The number of hydrogen-bond donors (Lipinski definition) is 1. The molecule has 0 amide bonds. The first kappa shape index (κ1) is 8.06. The summed E-state index contributed by atoms with van der Waals surface area (Å²) in [4.78, 5) is 0. The lowest BCUT2D eigenvalue weighted by Crippen LogP contribution is -2.41. The topological polar surface area (TPSA) is 20.2 Å². The van der Waals surface area contributed by atoms with Crippen LogP contribution in [0.15, 0.2) is 0 Å². The zero-order chi connectivity index (χ0) is 7.99. The van der Waals surface area contributed by atoms with Gasteiger partial charge in [0.15, 0.2) is 0 Å². The molecule has 0 aromatic heterocycles. The summed E-state index contributed by atoms with van der Waals surface area (Å²) in [7, 11) is 0. The third-order valence-electron chi connectivity index (χ3n) is 2.89. The maximum absolute atomic E-state index is 9.99. The fraction of sp³-hybridized carbons (Fsp3) is 1.00. The molecule has 0 unspecified atom stereocenters. The van der Waals surface area contributed by atoms with Gasteiger partial charge < -0.3 is 5.11 Å². The lowest BCUT2D eigenvalue weighted by atomic mass is 9.75. The Bertz CT molecular complexity index is 126. The molecule has 1 aliphatic carbocycles. The Balaban J connectivity index is 2.66. The van der Waals surface area contributed by atoms with Crippen LogP contribution >= 0.6 is 0 Å². The van der Waals surface area contributed by atoms with Gasteiger partial charge in [-0.25, -0.2) is 0 Å². The standard InChI is InChI=1S/C9H18O/c1-8(2,3)9(4,10)7-5-6-7/h7,10H,5-6H2,1-4H3/t9-/m1/s1. The van der Waals surface area contributed by atoms with E-state index in [1.807, 2.05) is 6.92 Å². The van der Waals surface area contributed by atoms with Crippen molar-refractivity contribution in [2.24, 2.45) is 11.3 Å². The first-order valence-electron chi connectivity index (χ1n) is 4.08. The third-order valence-corrected chi connectivity index (χ3v) is 2.89. The number of hydrogen-bond acceptors (Lipinski definition) is 1. The molecule has 1 nitrogen and oxygen atoms in total. The number of aliphatic hydroxyl groups is 1. The molecule has 60 valence electrons. The summed E-state index contributed by atoms with van der Waals surface area (Å²) >= 11 is 0. The minimum absolute atomic E-state index is 0.0359. The summed E-state index contributed by atoms with van der Waals surface area (Å²) in [5.74, 6) is 0.562. The van der Waals surface area contributed by atoms with Gasteiger partial charge in [0.2, 0.25) is 0 Å². The molecule has 0 bridgehead atoms. The van der Waals surface area contributed by atoms with E-state index in [1.165, 1.54) is 12.8 Å². The summed E-state index contributed by atoms with van der Waals surface area (Å²) in [5, 5.41) is 9.99. The van der Waals surface area contributed by atoms with Crippen LogP contribution in [0, 0.1) is 11.3 Å². The fourth-order valence-corrected chi connectivity index (χ4v) is 1.26. The maximum Gasteiger partial charge on any atom is 0.0695 e. The highest BCUT2D eigenvalue weighted by molar-refractivity contribution is 4.98. The van der Waals surface area contributed by atoms with Gasteiger partial charge in [-0.2, -0.15) is 0 Å². The van der Waals surface area contributed by atoms with E-state index in [0.717, 1.165) is 0 Å². The highest BCUT2D eigenvalue weighted by Gasteiger charge is 2.47. The van der Waals surface area contributed by atoms with Crippen molar-refractivity contribution in [3.63, 3.8) is 0 Å². The SMILES string of the molecule is CC(C)(C)[C@](C)(O)C1CC1. The molecule has 0 spiro atoms. The van der Waals surface area contributed by atoms with Gasteiger partial charge in [-0.15, -0.1) is 0 Å². The zero-order valence-corrected chi connectivity index (χ0v) is 7.44. The molecule has 10 heavy (non-hydrogen) atoms. The predicted molar refractivity (Wildman–Crippen MR) is 42.8 cm³/mol. The molecule has 1 atom stereocenters. The monoisotopic (exact) mass is 142 g/mol. The van der Waals surface area contributed by atoms with Crippen LogP contribution in [0.2, 0.25) is 0 Å². The highest BCUT2D eigenvalue weighted by Crippen LogP contribution is 2.48. The molecule has 0 aliphatic heterocycles. The zero-order valence-electron chi connectivity index (χ0n) is 7.44. The predicted octanol–water partition coefficient (Wildman–Crippen LogP) is 2.19. The van der Waals surface area contributed by atoms with E-state index in [-0.39, 0.29) is 5.41 Å². The van der Waals surface area contributed by atoms with Gasteiger partial charge >= 0.3 is 0 Å². The van der Waals surface area contributed by atoms with Crippen molar-refractivity contribution < 1.29 is 5.11 Å². The van der Waals surface area contributed by atoms with Gasteiger partial charge in [-0.3, -0.25) is 0 Å². The molecule has 0 saturated heterocycles. The van der Waals surface area contributed by atoms with E-state index < -0.39 is 5.60 Å². The smallest absolute Gasteiger partial charge is 0.0695 e. The molecule has 1 N–H and O–H groups in total. The van der Waals surface area contributed by atoms with E-state index >= 15 is 0 Å². The molecule has 0 heterocycles. The average Bonchev–Trinajstić information content (AvgIpc) is 2.38. The van der Waals surface area contributed by atoms with E-state index in [9.17, 15) is 5.11 Å². The Labute approximate surface area is 63.4 Å². The first-order chi connectivity index (χ1) is 4.36. The second-order valence-corrected chi connectivity index (χ2v) is 4.67. The van der Waals surface area contributed by atoms with Gasteiger partial charge in [0, 0.05) is 0 Å². The lowest BCUT2D eigenvalue weighted by molar-refractivity contribution is -0.0601. The van der Waals surface area contributed by atoms with Crippen LogP contribution in [0.1, 0.15) is 40.5 Å². The van der Waals surface area contributed by atoms with Crippen LogP contribution in [-0.4, -0.2) is 10.7 Å². The maximum atomic E-state index is 9.99. The van der Waals surface area contributed by atoms with Crippen LogP contribution in [0.3, 0.4) is 0 Å². The Hall–Kier alpha value is -0.0400. The normalized spacial score (nSPS) is 26.1. The van der Waals surface area contributed by atoms with Crippen molar-refractivity contribution in [3.8, 4) is 0 Å². The minimum Gasteiger partial charge on any atom is -0.389 e. The molecule has 1 heteroatoms. The first-order valence-corrected chi connectivity index (χ1v) is 4.08. The van der Waals surface area contributed by atoms with Crippen molar-refractivity contribution in [1.29, 1.82) is 0 Å². The van der Waals surface area contributed by atoms with Crippen molar-refractivity contribution in [1.82, 2.24) is 0 Å².